The van der Waals surface area contributed by atoms with Crippen LogP contribution in [0.3, 0.4) is 0 Å². The van der Waals surface area contributed by atoms with E-state index in [1.165, 1.54) is 22.3 Å². The van der Waals surface area contributed by atoms with Crippen LogP contribution in [-0.4, -0.2) is 9.90 Å². The van der Waals surface area contributed by atoms with Crippen molar-refractivity contribution >= 4 is 0 Å². The smallest absolute Gasteiger partial charge is 0.140 e. The van der Waals surface area contributed by atoms with E-state index < -0.39 is 0 Å². The summed E-state index contributed by atoms with van der Waals surface area (Å²) in [5, 5.41) is 4.44. The largest absolute Gasteiger partial charge is 0.161 e. The van der Waals surface area contributed by atoms with Crippen LogP contribution in [0.5, 0.6) is 0 Å². The molecule has 0 unspecified atom stereocenters. The number of hydrogen-bond donors (Lipinski definition) is 0. The molecule has 0 N–H and O–H groups in total. The van der Waals surface area contributed by atoms with Gasteiger partial charge in [0.2, 0.25) is 0 Å². The number of fused-ring (bicyclic) bond motifs is 3. The Labute approximate surface area is 124 Å². The first-order valence-corrected chi connectivity index (χ1v) is 7.24. The molecular weight excluding hydrogens is 258 g/mol. The van der Waals surface area contributed by atoms with Crippen molar-refractivity contribution in [2.75, 3.05) is 0 Å². The van der Waals surface area contributed by atoms with Crippen LogP contribution in [-0.2, 0) is 12.5 Å². The average Bonchev–Trinajstić information content (AvgIpc) is 3.01. The third kappa shape index (κ3) is 1.67. The van der Waals surface area contributed by atoms with Crippen molar-refractivity contribution in [3.63, 3.8) is 0 Å². The maximum atomic E-state index is 4.44. The van der Waals surface area contributed by atoms with Crippen LogP contribution in [0.4, 0.5) is 0 Å². The van der Waals surface area contributed by atoms with Gasteiger partial charge >= 0.3 is 0 Å². The summed E-state index contributed by atoms with van der Waals surface area (Å²) in [7, 11) is 1.93. The quantitative estimate of drug-likeness (QED) is 0.626. The van der Waals surface area contributed by atoms with Crippen LogP contribution in [0.25, 0.3) is 16.8 Å². The van der Waals surface area contributed by atoms with Crippen molar-refractivity contribution in [1.82, 2.24) is 9.90 Å². The van der Waals surface area contributed by atoms with E-state index in [4.69, 9.17) is 0 Å². The number of nitrogens with zero attached hydrogens (tertiary/aromatic N) is 3. The van der Waals surface area contributed by atoms with Gasteiger partial charge in [-0.15, -0.1) is 9.36 Å². The van der Waals surface area contributed by atoms with Crippen LogP contribution < -0.4 is 4.68 Å². The van der Waals surface area contributed by atoms with E-state index in [9.17, 15) is 0 Å². The maximum absolute atomic E-state index is 4.44. The van der Waals surface area contributed by atoms with Crippen molar-refractivity contribution in [3.05, 3.63) is 66.0 Å². The van der Waals surface area contributed by atoms with E-state index in [2.05, 4.69) is 61.5 Å². The van der Waals surface area contributed by atoms with Crippen LogP contribution in [0.1, 0.15) is 25.0 Å². The van der Waals surface area contributed by atoms with E-state index in [1.807, 2.05) is 28.8 Å². The summed E-state index contributed by atoms with van der Waals surface area (Å²) in [4.78, 5) is 0. The second-order valence-electron chi connectivity index (χ2n) is 6.21. The summed E-state index contributed by atoms with van der Waals surface area (Å²) >= 11 is 0. The molecular formula is C18H18N3+. The molecule has 1 heterocycles. The summed E-state index contributed by atoms with van der Waals surface area (Å²) in [6.07, 6.45) is 3.93. The molecule has 0 aliphatic heterocycles. The lowest BCUT2D eigenvalue weighted by Gasteiger charge is -2.21. The zero-order chi connectivity index (χ0) is 14.6. The van der Waals surface area contributed by atoms with Gasteiger partial charge in [0.25, 0.3) is 0 Å². The topological polar surface area (TPSA) is 21.7 Å². The molecule has 0 amide bonds. The fourth-order valence-corrected chi connectivity index (χ4v) is 3.34. The summed E-state index contributed by atoms with van der Waals surface area (Å²) in [6, 6.07) is 15.3. The van der Waals surface area contributed by atoms with E-state index in [0.717, 1.165) is 5.69 Å². The van der Waals surface area contributed by atoms with Gasteiger partial charge < -0.3 is 0 Å². The molecule has 1 aliphatic rings. The SMILES string of the molecule is C[n+]1ccn(-c2ccc3c(c2)C(C)(C)c2ccccc2-3)n1. The standard InChI is InChI=1S/C18H18N3/c1-18(2)16-7-5-4-6-14(16)15-9-8-13(12-17(15)18)21-11-10-20(3)19-21/h4-12H,1-3H3/q+1. The Bertz CT molecular complexity index is 843. The molecule has 0 atom stereocenters. The number of benzene rings is 2. The molecule has 104 valence electrons. The predicted octanol–water partition coefficient (Wildman–Crippen LogP) is 3.00. The molecule has 0 bridgehead atoms. The Kier molecular flexibility index (Phi) is 2.37. The monoisotopic (exact) mass is 276 g/mol. The lowest BCUT2D eigenvalue weighted by Crippen LogP contribution is -2.30. The normalized spacial score (nSPS) is 14.8. The van der Waals surface area contributed by atoms with Crippen molar-refractivity contribution in [1.29, 1.82) is 0 Å². The molecule has 2 aromatic carbocycles. The number of aryl methyl sites for hydroxylation is 1. The summed E-state index contributed by atoms with van der Waals surface area (Å²) < 4.78 is 3.73. The molecule has 21 heavy (non-hydrogen) atoms. The van der Waals surface area contributed by atoms with Crippen LogP contribution in [0.2, 0.25) is 0 Å². The van der Waals surface area contributed by atoms with Gasteiger partial charge in [0.15, 0.2) is 18.1 Å². The minimum absolute atomic E-state index is 0.0390. The van der Waals surface area contributed by atoms with Gasteiger partial charge in [-0.05, 0) is 40.5 Å². The van der Waals surface area contributed by atoms with Gasteiger partial charge in [-0.1, -0.05) is 38.1 Å². The number of rotatable bonds is 1. The highest BCUT2D eigenvalue weighted by Crippen LogP contribution is 2.48. The second kappa shape index (κ2) is 4.04. The molecule has 0 saturated heterocycles. The molecule has 0 radical (unpaired) electrons. The average molecular weight is 276 g/mol. The minimum atomic E-state index is 0.0390. The third-order valence-corrected chi connectivity index (χ3v) is 4.49. The molecule has 3 heteroatoms. The van der Waals surface area contributed by atoms with Crippen molar-refractivity contribution < 1.29 is 4.68 Å². The fraction of sp³-hybridized carbons (Fsp3) is 0.222. The second-order valence-corrected chi connectivity index (χ2v) is 6.21. The van der Waals surface area contributed by atoms with Gasteiger partial charge in [-0.2, -0.15) is 0 Å². The summed E-state index contributed by atoms with van der Waals surface area (Å²) in [5.41, 5.74) is 6.63. The highest BCUT2D eigenvalue weighted by Gasteiger charge is 2.35. The Hall–Kier alpha value is -2.42. The molecule has 0 saturated carbocycles. The van der Waals surface area contributed by atoms with Crippen LogP contribution >= 0.6 is 0 Å². The molecule has 1 aliphatic carbocycles. The lowest BCUT2D eigenvalue weighted by molar-refractivity contribution is -0.731. The minimum Gasteiger partial charge on any atom is -0.140 e. The number of hydrogen-bond acceptors (Lipinski definition) is 1. The van der Waals surface area contributed by atoms with Crippen LogP contribution in [0, 0.1) is 0 Å². The van der Waals surface area contributed by atoms with E-state index in [-0.39, 0.29) is 5.41 Å². The lowest BCUT2D eigenvalue weighted by atomic mass is 9.82. The zero-order valence-electron chi connectivity index (χ0n) is 12.5. The molecule has 0 fully saturated rings. The molecule has 1 aromatic heterocycles. The first-order valence-electron chi connectivity index (χ1n) is 7.24. The Morgan fingerprint density at radius 2 is 1.76 bits per heavy atom. The Morgan fingerprint density at radius 1 is 1.00 bits per heavy atom. The molecule has 3 nitrogen and oxygen atoms in total. The first-order chi connectivity index (χ1) is 10.1. The van der Waals surface area contributed by atoms with E-state index in [0.29, 0.717) is 0 Å². The third-order valence-electron chi connectivity index (χ3n) is 4.49. The Balaban J connectivity index is 1.93. The van der Waals surface area contributed by atoms with Crippen molar-refractivity contribution in [2.24, 2.45) is 7.05 Å². The Morgan fingerprint density at radius 3 is 2.52 bits per heavy atom. The first kappa shape index (κ1) is 12.3. The molecule has 4 rings (SSSR count). The fourth-order valence-electron chi connectivity index (χ4n) is 3.34. The molecule has 0 spiro atoms. The van der Waals surface area contributed by atoms with Crippen LogP contribution in [0.15, 0.2) is 54.9 Å². The van der Waals surface area contributed by atoms with Crippen molar-refractivity contribution in [3.8, 4) is 16.8 Å². The van der Waals surface area contributed by atoms with Crippen molar-refractivity contribution in [2.45, 2.75) is 19.3 Å². The van der Waals surface area contributed by atoms with Gasteiger partial charge in [0.05, 0.1) is 5.21 Å². The van der Waals surface area contributed by atoms with Gasteiger partial charge in [0, 0.05) is 5.41 Å². The van der Waals surface area contributed by atoms with Gasteiger partial charge in [-0.3, -0.25) is 0 Å². The molecule has 3 aromatic rings. The highest BCUT2D eigenvalue weighted by molar-refractivity contribution is 5.81. The zero-order valence-corrected chi connectivity index (χ0v) is 12.5. The predicted molar refractivity (Wildman–Crippen MR) is 82.3 cm³/mol. The number of aromatic nitrogens is 3. The maximum Gasteiger partial charge on any atom is 0.161 e. The van der Waals surface area contributed by atoms with E-state index in [1.54, 1.807) is 0 Å². The van der Waals surface area contributed by atoms with Gasteiger partial charge in [0.1, 0.15) is 7.05 Å². The summed E-state index contributed by atoms with van der Waals surface area (Å²) in [6.45, 7) is 4.59. The summed E-state index contributed by atoms with van der Waals surface area (Å²) in [5.74, 6) is 0. The highest BCUT2D eigenvalue weighted by atomic mass is 15.5. The van der Waals surface area contributed by atoms with Gasteiger partial charge in [-0.25, -0.2) is 0 Å². The van der Waals surface area contributed by atoms with E-state index >= 15 is 0 Å².